The normalized spacial score (nSPS) is 24.9. The molecule has 2 amide bonds. The van der Waals surface area contributed by atoms with Gasteiger partial charge in [-0.2, -0.15) is 0 Å². The average molecular weight is 678 g/mol. The average Bonchev–Trinajstić information content (AvgIpc) is 3.37. The summed E-state index contributed by atoms with van der Waals surface area (Å²) in [5.41, 5.74) is 5.71. The van der Waals surface area contributed by atoms with Crippen LogP contribution in [0.25, 0.3) is 11.6 Å². The topological polar surface area (TPSA) is 103 Å². The summed E-state index contributed by atoms with van der Waals surface area (Å²) in [5.74, 6) is -2.41. The van der Waals surface area contributed by atoms with Gasteiger partial charge >= 0.3 is 7.12 Å². The minimum atomic E-state index is -1.05. The van der Waals surface area contributed by atoms with Crippen molar-refractivity contribution in [3.63, 3.8) is 0 Å². The lowest BCUT2D eigenvalue weighted by Crippen LogP contribution is -2.48. The molecule has 50 heavy (non-hydrogen) atoms. The summed E-state index contributed by atoms with van der Waals surface area (Å²) in [6.45, 7) is 4.64. The molecule has 0 unspecified atom stereocenters. The Balaban J connectivity index is 1.11. The fraction of sp³-hybridized carbons (Fsp3) is 0.425. The van der Waals surface area contributed by atoms with Crippen molar-refractivity contribution in [2.45, 2.75) is 76.9 Å². The van der Waals surface area contributed by atoms with Gasteiger partial charge in [0.15, 0.2) is 11.6 Å². The summed E-state index contributed by atoms with van der Waals surface area (Å²) in [6.07, 6.45) is 8.23. The van der Waals surface area contributed by atoms with E-state index >= 15 is 0 Å². The Bertz CT molecular complexity index is 1760. The van der Waals surface area contributed by atoms with E-state index < -0.39 is 36.6 Å². The molecule has 260 valence electrons. The first-order valence-corrected chi connectivity index (χ1v) is 18.1. The molecule has 7 rings (SSSR count). The number of imide groups is 1. The molecule has 3 aromatic rings. The van der Waals surface area contributed by atoms with Crippen LogP contribution in [0.1, 0.15) is 68.7 Å². The van der Waals surface area contributed by atoms with Crippen LogP contribution in [0.5, 0.6) is 5.75 Å². The smallest absolute Gasteiger partial charge is 0.455 e. The molecule has 4 atom stereocenters. The number of hydrogen-bond donors (Lipinski definition) is 2. The van der Waals surface area contributed by atoms with Crippen molar-refractivity contribution in [1.82, 2.24) is 14.8 Å². The Morgan fingerprint density at radius 2 is 1.82 bits per heavy atom. The maximum atomic E-state index is 14.3. The van der Waals surface area contributed by atoms with Crippen LogP contribution in [-0.4, -0.2) is 69.1 Å². The highest BCUT2D eigenvalue weighted by molar-refractivity contribution is 6.43. The fourth-order valence-corrected chi connectivity index (χ4v) is 8.79. The summed E-state index contributed by atoms with van der Waals surface area (Å²) in [6, 6.07) is 20.2. The number of aromatic hydroxyl groups is 1. The summed E-state index contributed by atoms with van der Waals surface area (Å²) in [7, 11) is -1.05. The third kappa shape index (κ3) is 7.06. The summed E-state index contributed by atoms with van der Waals surface area (Å²) in [5, 5.41) is 20.8. The van der Waals surface area contributed by atoms with Gasteiger partial charge < -0.3 is 14.8 Å². The van der Waals surface area contributed by atoms with Crippen LogP contribution in [0.15, 0.2) is 84.1 Å². The molecule has 4 heterocycles. The number of likely N-dealkylation sites (tertiary alicyclic amines) is 2. The van der Waals surface area contributed by atoms with Gasteiger partial charge in [0, 0.05) is 31.9 Å². The van der Waals surface area contributed by atoms with Crippen molar-refractivity contribution in [3.8, 4) is 5.75 Å². The molecule has 0 radical (unpaired) electrons. The fourth-order valence-electron chi connectivity index (χ4n) is 8.79. The second kappa shape index (κ2) is 15.0. The molecule has 3 saturated heterocycles. The minimum Gasteiger partial charge on any atom is -0.505 e. The van der Waals surface area contributed by atoms with Crippen molar-refractivity contribution in [3.05, 3.63) is 107 Å². The van der Waals surface area contributed by atoms with E-state index in [4.69, 9.17) is 4.65 Å². The minimum absolute atomic E-state index is 0.0480. The van der Waals surface area contributed by atoms with E-state index in [9.17, 15) is 24.1 Å². The summed E-state index contributed by atoms with van der Waals surface area (Å²) < 4.78 is 20.5. The molecule has 1 aliphatic carbocycles. The second-order valence-electron chi connectivity index (χ2n) is 14.2. The highest BCUT2D eigenvalue weighted by Crippen LogP contribution is 2.52. The van der Waals surface area contributed by atoms with Crippen LogP contribution in [0.4, 0.5) is 4.39 Å². The third-order valence-corrected chi connectivity index (χ3v) is 11.0. The van der Waals surface area contributed by atoms with Crippen molar-refractivity contribution < 1.29 is 28.8 Å². The molecule has 3 fully saturated rings. The van der Waals surface area contributed by atoms with Crippen LogP contribution in [0.3, 0.4) is 0 Å². The molecule has 8 nitrogen and oxygen atoms in total. The molecular formula is C40H45BFN3O5. The number of carbonyl (C=O) groups is 2. The number of halogens is 1. The van der Waals surface area contributed by atoms with Crippen LogP contribution in [-0.2, 0) is 20.8 Å². The highest BCUT2D eigenvalue weighted by atomic mass is 19.1. The number of pyridine rings is 1. The Hall–Kier alpha value is -4.12. The van der Waals surface area contributed by atoms with Crippen molar-refractivity contribution >= 4 is 30.6 Å². The Labute approximate surface area is 293 Å². The number of phenols is 1. The van der Waals surface area contributed by atoms with Gasteiger partial charge in [0.25, 0.3) is 0 Å². The molecule has 0 spiro atoms. The van der Waals surface area contributed by atoms with Crippen LogP contribution >= 0.6 is 0 Å². The summed E-state index contributed by atoms with van der Waals surface area (Å²) in [4.78, 5) is 37.0. The number of allylic oxidation sites excluding steroid dienone is 2. The zero-order valence-electron chi connectivity index (χ0n) is 28.6. The number of amides is 2. The van der Waals surface area contributed by atoms with Gasteiger partial charge in [-0.3, -0.25) is 24.4 Å². The van der Waals surface area contributed by atoms with E-state index in [0.29, 0.717) is 24.8 Å². The van der Waals surface area contributed by atoms with Gasteiger partial charge in [-0.1, -0.05) is 61.4 Å². The second-order valence-corrected chi connectivity index (χ2v) is 14.2. The molecule has 4 aliphatic rings. The Kier molecular flexibility index (Phi) is 10.3. The molecule has 1 aromatic heterocycles. The van der Waals surface area contributed by atoms with E-state index in [0.717, 1.165) is 62.2 Å². The van der Waals surface area contributed by atoms with E-state index in [-0.39, 0.29) is 30.1 Å². The molecular weight excluding hydrogens is 632 g/mol. The first-order chi connectivity index (χ1) is 24.3. The van der Waals surface area contributed by atoms with Gasteiger partial charge in [0.1, 0.15) is 0 Å². The predicted molar refractivity (Wildman–Crippen MR) is 191 cm³/mol. The van der Waals surface area contributed by atoms with Gasteiger partial charge in [-0.15, -0.1) is 0 Å². The van der Waals surface area contributed by atoms with Crippen molar-refractivity contribution in [2.24, 2.45) is 17.8 Å². The number of fused-ring (bicyclic) bond motifs is 3. The van der Waals surface area contributed by atoms with E-state index in [2.05, 4.69) is 41.1 Å². The molecule has 3 aliphatic heterocycles. The summed E-state index contributed by atoms with van der Waals surface area (Å²) >= 11 is 0. The predicted octanol–water partition coefficient (Wildman–Crippen LogP) is 6.51. The molecule has 10 heteroatoms. The number of phenolic OH excluding ortho intramolecular Hbond substituents is 1. The number of hydrogen-bond acceptors (Lipinski definition) is 7. The third-order valence-electron chi connectivity index (χ3n) is 11.0. The first kappa shape index (κ1) is 34.3. The van der Waals surface area contributed by atoms with E-state index in [1.54, 1.807) is 17.2 Å². The number of carbonyl (C=O) groups excluding carboxylic acids is 2. The van der Waals surface area contributed by atoms with Crippen LogP contribution < -0.4 is 0 Å². The molecule has 2 N–H and O–H groups in total. The van der Waals surface area contributed by atoms with Gasteiger partial charge in [-0.25, -0.2) is 4.39 Å². The lowest BCUT2D eigenvalue weighted by atomic mass is 9.58. The molecule has 0 bridgehead atoms. The van der Waals surface area contributed by atoms with Crippen LogP contribution in [0.2, 0.25) is 6.32 Å². The van der Waals surface area contributed by atoms with E-state index in [1.165, 1.54) is 23.3 Å². The van der Waals surface area contributed by atoms with Crippen LogP contribution in [0, 0.1) is 23.6 Å². The largest absolute Gasteiger partial charge is 0.505 e. The maximum Gasteiger partial charge on any atom is 0.455 e. The highest BCUT2D eigenvalue weighted by Gasteiger charge is 2.58. The quantitative estimate of drug-likeness (QED) is 0.143. The lowest BCUT2D eigenvalue weighted by molar-refractivity contribution is -0.144. The number of rotatable bonds is 10. The number of nitrogens with zero attached hydrogens (tertiary/aromatic N) is 3. The van der Waals surface area contributed by atoms with Crippen molar-refractivity contribution in [1.29, 1.82) is 0 Å². The SMILES string of the molecule is CCCC1=C2[C@@H](CC/C(=C/c3ccc(O)c(F)c3)c3ccccn3)OB(O)C[C@@H]2[C@@H]2C(=O)N(C3CCN(Cc4ccccc4)CC3)C(=O)[C@@H]2C1. The zero-order valence-corrected chi connectivity index (χ0v) is 28.6. The van der Waals surface area contributed by atoms with Gasteiger partial charge in [0.05, 0.1) is 23.6 Å². The van der Waals surface area contributed by atoms with E-state index in [1.807, 2.05) is 30.3 Å². The standard InChI is InChI=1S/C40H45BFN3O5/c1-2-8-29-23-31-38(40(48)45(39(31)47)30-16-19-44(20-17-30)25-26-9-4-3-5-10-26)32-24-41(49)50-36(37(29)32)15-13-28(34-11-6-7-18-43-34)21-27-12-14-35(46)33(42)22-27/h3-7,9-12,14,18,21-22,30-32,36,38,46,49H,2,8,13,15-17,19-20,23-25H2,1H3/b28-21-/t31-,32+,36-,38-/m1/s1. The Morgan fingerprint density at radius 3 is 2.54 bits per heavy atom. The number of benzene rings is 2. The first-order valence-electron chi connectivity index (χ1n) is 18.1. The maximum absolute atomic E-state index is 14.3. The van der Waals surface area contributed by atoms with Gasteiger partial charge in [0.2, 0.25) is 11.8 Å². The van der Waals surface area contributed by atoms with Crippen molar-refractivity contribution in [2.75, 3.05) is 13.1 Å². The van der Waals surface area contributed by atoms with Gasteiger partial charge in [-0.05, 0) is 103 Å². The molecule has 2 aromatic carbocycles. The lowest BCUT2D eigenvalue weighted by Gasteiger charge is -2.43. The molecule has 0 saturated carbocycles. The zero-order chi connectivity index (χ0) is 34.8. The number of aromatic nitrogens is 1. The Morgan fingerprint density at radius 1 is 1.04 bits per heavy atom. The number of piperidine rings is 1. The monoisotopic (exact) mass is 677 g/mol.